The van der Waals surface area contributed by atoms with Gasteiger partial charge in [-0.15, -0.1) is 0 Å². The molecule has 0 fully saturated rings. The fraction of sp³-hybridized carbons (Fsp3) is 0.529. The van der Waals surface area contributed by atoms with Crippen LogP contribution in [0.15, 0.2) is 24.3 Å². The fourth-order valence-electron chi connectivity index (χ4n) is 1.87. The summed E-state index contributed by atoms with van der Waals surface area (Å²) in [6, 6.07) is 6.77. The van der Waals surface area contributed by atoms with Gasteiger partial charge in [-0.2, -0.15) is 0 Å². The Morgan fingerprint density at radius 2 is 1.79 bits per heavy atom. The van der Waals surface area contributed by atoms with Gasteiger partial charge in [-0.05, 0) is 52.7 Å². The Morgan fingerprint density at radius 3 is 2.38 bits per heavy atom. The number of carbonyl (C=O) groups is 2. The molecule has 0 heterocycles. The summed E-state index contributed by atoms with van der Waals surface area (Å²) in [6.07, 6.45) is 1.45. The zero-order valence-corrected chi connectivity index (χ0v) is 15.5. The van der Waals surface area contributed by atoms with E-state index in [1.165, 1.54) is 6.92 Å². The molecule has 0 radical (unpaired) electrons. The predicted octanol–water partition coefficient (Wildman–Crippen LogP) is 2.72. The van der Waals surface area contributed by atoms with Crippen molar-refractivity contribution in [1.82, 2.24) is 4.72 Å². The van der Waals surface area contributed by atoms with Gasteiger partial charge >= 0.3 is 0 Å². The highest BCUT2D eigenvalue weighted by Crippen LogP contribution is 2.14. The van der Waals surface area contributed by atoms with E-state index in [0.29, 0.717) is 37.1 Å². The summed E-state index contributed by atoms with van der Waals surface area (Å²) in [6.45, 7) is 6.69. The van der Waals surface area contributed by atoms with Crippen molar-refractivity contribution < 1.29 is 18.0 Å². The smallest absolute Gasteiger partial charge is 0.224 e. The average Bonchev–Trinajstić information content (AvgIpc) is 2.45. The molecular formula is C17H26N2O4S. The van der Waals surface area contributed by atoms with E-state index in [0.717, 1.165) is 0 Å². The molecule has 0 aromatic heterocycles. The molecule has 0 aliphatic rings. The number of Topliss-reactive ketones (excluding diaryl/α,β-unsaturated/α-hetero) is 1. The molecular weight excluding hydrogens is 328 g/mol. The number of ketones is 1. The quantitative estimate of drug-likeness (QED) is 0.554. The van der Waals surface area contributed by atoms with Crippen molar-refractivity contribution in [2.45, 2.75) is 51.7 Å². The van der Waals surface area contributed by atoms with Crippen molar-refractivity contribution in [3.05, 3.63) is 29.8 Å². The molecule has 0 spiro atoms. The number of nitrogens with one attached hydrogen (secondary N) is 2. The van der Waals surface area contributed by atoms with Gasteiger partial charge in [-0.25, -0.2) is 13.1 Å². The number of sulfonamides is 1. The largest absolute Gasteiger partial charge is 0.326 e. The maximum absolute atomic E-state index is 11.9. The Labute approximate surface area is 144 Å². The number of rotatable bonds is 8. The summed E-state index contributed by atoms with van der Waals surface area (Å²) >= 11 is 0. The van der Waals surface area contributed by atoms with Gasteiger partial charge in [-0.3, -0.25) is 9.59 Å². The Kier molecular flexibility index (Phi) is 7.10. The van der Waals surface area contributed by atoms with Crippen molar-refractivity contribution in [3.8, 4) is 0 Å². The van der Waals surface area contributed by atoms with E-state index in [1.54, 1.807) is 45.0 Å². The summed E-state index contributed by atoms with van der Waals surface area (Å²) in [5, 5.41) is 2.74. The monoisotopic (exact) mass is 354 g/mol. The normalized spacial score (nSPS) is 12.0. The van der Waals surface area contributed by atoms with Gasteiger partial charge in [0.2, 0.25) is 15.9 Å². The van der Waals surface area contributed by atoms with Crippen LogP contribution in [0.3, 0.4) is 0 Å². The lowest BCUT2D eigenvalue weighted by Crippen LogP contribution is -2.39. The van der Waals surface area contributed by atoms with Gasteiger partial charge < -0.3 is 5.32 Å². The molecule has 134 valence electrons. The third-order valence-corrected chi connectivity index (χ3v) is 5.68. The first kappa shape index (κ1) is 20.3. The molecule has 0 aliphatic heterocycles. The molecule has 1 rings (SSSR count). The first-order chi connectivity index (χ1) is 11.0. The molecule has 2 N–H and O–H groups in total. The van der Waals surface area contributed by atoms with Crippen molar-refractivity contribution in [1.29, 1.82) is 0 Å². The number of hydrogen-bond donors (Lipinski definition) is 2. The minimum absolute atomic E-state index is 0.0581. The lowest BCUT2D eigenvalue weighted by Gasteiger charge is -2.19. The second kappa shape index (κ2) is 8.39. The number of amides is 1. The van der Waals surface area contributed by atoms with Gasteiger partial charge in [0.05, 0.1) is 4.75 Å². The highest BCUT2D eigenvalue weighted by Gasteiger charge is 2.27. The highest BCUT2D eigenvalue weighted by atomic mass is 32.2. The number of benzene rings is 1. The zero-order valence-electron chi connectivity index (χ0n) is 14.7. The molecule has 1 aromatic rings. The summed E-state index contributed by atoms with van der Waals surface area (Å²) in [5.41, 5.74) is 1.13. The van der Waals surface area contributed by atoms with Crippen LogP contribution in [0, 0.1) is 0 Å². The molecule has 0 saturated carbocycles. The van der Waals surface area contributed by atoms with Gasteiger partial charge in [0.25, 0.3) is 0 Å². The first-order valence-corrected chi connectivity index (χ1v) is 9.41. The van der Waals surface area contributed by atoms with Crippen LogP contribution in [0.1, 0.15) is 57.3 Å². The average molecular weight is 354 g/mol. The molecule has 24 heavy (non-hydrogen) atoms. The van der Waals surface area contributed by atoms with E-state index >= 15 is 0 Å². The maximum Gasteiger partial charge on any atom is 0.224 e. The molecule has 1 aromatic carbocycles. The van der Waals surface area contributed by atoms with Gasteiger partial charge in [0.15, 0.2) is 5.78 Å². The maximum atomic E-state index is 11.9. The van der Waals surface area contributed by atoms with Gasteiger partial charge in [-0.1, -0.05) is 12.1 Å². The summed E-state index contributed by atoms with van der Waals surface area (Å²) in [4.78, 5) is 23.2. The Morgan fingerprint density at radius 1 is 1.12 bits per heavy atom. The first-order valence-electron chi connectivity index (χ1n) is 7.93. The van der Waals surface area contributed by atoms with E-state index in [-0.39, 0.29) is 11.7 Å². The third kappa shape index (κ3) is 6.41. The predicted molar refractivity (Wildman–Crippen MR) is 95.6 cm³/mol. The molecule has 7 heteroatoms. The molecule has 0 unspecified atom stereocenters. The lowest BCUT2D eigenvalue weighted by atomic mass is 10.1. The standard InChI is InChI=1S/C17H26N2O4S/c1-13(20)14-8-7-9-15(12-14)19-16(21)10-5-6-11-18-24(22,23)17(2,3)4/h7-9,12,18H,5-6,10-11H2,1-4H3,(H,19,21). The molecule has 0 bridgehead atoms. The van der Waals surface area contributed by atoms with Crippen LogP contribution in [0.5, 0.6) is 0 Å². The number of hydrogen-bond acceptors (Lipinski definition) is 4. The molecule has 6 nitrogen and oxygen atoms in total. The molecule has 0 aliphatic carbocycles. The van der Waals surface area contributed by atoms with Crippen LogP contribution >= 0.6 is 0 Å². The SMILES string of the molecule is CC(=O)c1cccc(NC(=O)CCCCNS(=O)(=O)C(C)(C)C)c1. The van der Waals surface area contributed by atoms with E-state index in [4.69, 9.17) is 0 Å². The number of unbranched alkanes of at least 4 members (excludes halogenated alkanes) is 1. The van der Waals surface area contributed by atoms with E-state index in [9.17, 15) is 18.0 Å². The van der Waals surface area contributed by atoms with Gasteiger partial charge in [0.1, 0.15) is 0 Å². The van der Waals surface area contributed by atoms with E-state index in [2.05, 4.69) is 10.0 Å². The van der Waals surface area contributed by atoms with E-state index in [1.807, 2.05) is 0 Å². The number of carbonyl (C=O) groups excluding carboxylic acids is 2. The summed E-state index contributed by atoms with van der Waals surface area (Å²) < 4.78 is 25.4. The Balaban J connectivity index is 2.35. The second-order valence-corrected chi connectivity index (χ2v) is 9.17. The highest BCUT2D eigenvalue weighted by molar-refractivity contribution is 7.90. The van der Waals surface area contributed by atoms with Crippen molar-refractivity contribution in [3.63, 3.8) is 0 Å². The topological polar surface area (TPSA) is 92.3 Å². The van der Waals surface area contributed by atoms with Crippen LogP contribution in [-0.2, 0) is 14.8 Å². The molecule has 0 saturated heterocycles. The van der Waals surface area contributed by atoms with Crippen LogP contribution in [0.2, 0.25) is 0 Å². The fourth-order valence-corrected chi connectivity index (χ4v) is 2.72. The number of anilines is 1. The summed E-state index contributed by atoms with van der Waals surface area (Å²) in [7, 11) is -3.34. The minimum Gasteiger partial charge on any atom is -0.326 e. The Bertz CT molecular complexity index is 691. The van der Waals surface area contributed by atoms with Gasteiger partial charge in [0, 0.05) is 24.2 Å². The van der Waals surface area contributed by atoms with Crippen molar-refractivity contribution in [2.24, 2.45) is 0 Å². The molecule has 1 amide bonds. The second-order valence-electron chi connectivity index (χ2n) is 6.65. The van der Waals surface area contributed by atoms with Crippen LogP contribution < -0.4 is 10.0 Å². The molecule has 0 atom stereocenters. The van der Waals surface area contributed by atoms with Crippen LogP contribution in [0.4, 0.5) is 5.69 Å². The van der Waals surface area contributed by atoms with Crippen molar-refractivity contribution >= 4 is 27.4 Å². The van der Waals surface area contributed by atoms with Crippen molar-refractivity contribution in [2.75, 3.05) is 11.9 Å². The lowest BCUT2D eigenvalue weighted by molar-refractivity contribution is -0.116. The van der Waals surface area contributed by atoms with Crippen LogP contribution in [-0.4, -0.2) is 31.4 Å². The zero-order chi connectivity index (χ0) is 18.4. The Hall–Kier alpha value is -1.73. The minimum atomic E-state index is -3.34. The van der Waals surface area contributed by atoms with Crippen LogP contribution in [0.25, 0.3) is 0 Å². The third-order valence-electron chi connectivity index (χ3n) is 3.48. The summed E-state index contributed by atoms with van der Waals surface area (Å²) in [5.74, 6) is -0.216. The van der Waals surface area contributed by atoms with E-state index < -0.39 is 14.8 Å².